The van der Waals surface area contributed by atoms with Crippen LogP contribution in [-0.4, -0.2) is 75.9 Å². The summed E-state index contributed by atoms with van der Waals surface area (Å²) in [7, 11) is 4.23. The number of nitrogens with zero attached hydrogens (tertiary/aromatic N) is 3. The van der Waals surface area contributed by atoms with E-state index in [9.17, 15) is 0 Å². The van der Waals surface area contributed by atoms with E-state index >= 15 is 0 Å². The van der Waals surface area contributed by atoms with Crippen molar-refractivity contribution >= 4 is 46.2 Å². The summed E-state index contributed by atoms with van der Waals surface area (Å²) in [6.45, 7) is 9.31. The van der Waals surface area contributed by atoms with Crippen LogP contribution in [0.2, 0.25) is 15.1 Å². The molecule has 2 aliphatic rings. The van der Waals surface area contributed by atoms with E-state index in [4.69, 9.17) is 39.5 Å². The van der Waals surface area contributed by atoms with Crippen molar-refractivity contribution in [3.63, 3.8) is 0 Å². The van der Waals surface area contributed by atoms with Gasteiger partial charge in [-0.3, -0.25) is 4.90 Å². The Balaban J connectivity index is 1.32. The van der Waals surface area contributed by atoms with E-state index in [-0.39, 0.29) is 6.04 Å². The van der Waals surface area contributed by atoms with Crippen molar-refractivity contribution in [2.75, 3.05) is 70.2 Å². The summed E-state index contributed by atoms with van der Waals surface area (Å²) < 4.78 is 5.95. The van der Waals surface area contributed by atoms with Crippen LogP contribution in [0.15, 0.2) is 36.4 Å². The highest BCUT2D eigenvalue weighted by Crippen LogP contribution is 2.34. The van der Waals surface area contributed by atoms with E-state index < -0.39 is 0 Å². The molecule has 0 saturated carbocycles. The maximum atomic E-state index is 6.55. The van der Waals surface area contributed by atoms with E-state index in [0.717, 1.165) is 56.5 Å². The highest BCUT2D eigenvalue weighted by molar-refractivity contribution is 6.35. The first-order valence-electron chi connectivity index (χ1n) is 12.5. The number of ether oxygens (including phenoxy) is 1. The summed E-state index contributed by atoms with van der Waals surface area (Å²) in [5.41, 5.74) is 3.13. The molecule has 2 aromatic carbocycles. The number of anilines is 2. The van der Waals surface area contributed by atoms with Gasteiger partial charge in [0.15, 0.2) is 0 Å². The fourth-order valence-corrected chi connectivity index (χ4v) is 5.93. The number of nitrogens with one attached hydrogen (secondary N) is 1. The van der Waals surface area contributed by atoms with E-state index in [1.54, 1.807) is 6.07 Å². The number of hydrogen-bond acceptors (Lipinski definition) is 5. The second-order valence-electron chi connectivity index (χ2n) is 10.1. The van der Waals surface area contributed by atoms with Crippen molar-refractivity contribution in [3.8, 4) is 0 Å². The first kappa shape index (κ1) is 26.8. The summed E-state index contributed by atoms with van der Waals surface area (Å²) in [4.78, 5) is 7.30. The van der Waals surface area contributed by atoms with Gasteiger partial charge in [-0.1, -0.05) is 40.9 Å². The summed E-state index contributed by atoms with van der Waals surface area (Å²) in [5, 5.41) is 5.54. The van der Waals surface area contributed by atoms with Gasteiger partial charge in [0.25, 0.3) is 0 Å². The second kappa shape index (κ2) is 12.4. The Morgan fingerprint density at radius 3 is 2.51 bits per heavy atom. The molecule has 0 aromatic heterocycles. The number of likely N-dealkylation sites (N-methyl/N-ethyl adjacent to an activating group) is 1. The second-order valence-corrected chi connectivity index (χ2v) is 11.4. The summed E-state index contributed by atoms with van der Waals surface area (Å²) in [5.74, 6) is 0.737. The molecule has 5 nitrogen and oxygen atoms in total. The maximum absolute atomic E-state index is 6.55. The molecule has 2 unspecified atom stereocenters. The van der Waals surface area contributed by atoms with Gasteiger partial charge in [0.05, 0.1) is 29.5 Å². The monoisotopic (exact) mass is 538 g/mol. The Bertz CT molecular complexity index is 981. The number of rotatable bonds is 8. The molecule has 0 amide bonds. The summed E-state index contributed by atoms with van der Waals surface area (Å²) in [6.07, 6.45) is 2.74. The van der Waals surface area contributed by atoms with Crippen LogP contribution in [0.5, 0.6) is 0 Å². The Hall–Kier alpha value is -1.21. The van der Waals surface area contributed by atoms with Crippen molar-refractivity contribution in [3.05, 3.63) is 57.0 Å². The molecule has 2 fully saturated rings. The van der Waals surface area contributed by atoms with Gasteiger partial charge >= 0.3 is 0 Å². The predicted molar refractivity (Wildman–Crippen MR) is 150 cm³/mol. The van der Waals surface area contributed by atoms with Gasteiger partial charge in [0.2, 0.25) is 0 Å². The molecule has 2 aromatic rings. The largest absolute Gasteiger partial charge is 0.377 e. The predicted octanol–water partition coefficient (Wildman–Crippen LogP) is 6.30. The normalized spacial score (nSPS) is 20.9. The van der Waals surface area contributed by atoms with Crippen LogP contribution >= 0.6 is 34.8 Å². The Labute approximate surface area is 225 Å². The number of morpholine rings is 1. The Morgan fingerprint density at radius 2 is 1.80 bits per heavy atom. The first-order chi connectivity index (χ1) is 16.8. The molecule has 0 bridgehead atoms. The third kappa shape index (κ3) is 7.41. The van der Waals surface area contributed by atoms with Crippen LogP contribution in [0.4, 0.5) is 11.4 Å². The SMILES string of the molecule is CC(Nc1cc(N2CCC(CN3CCOC(CN(C)C)C3)CC2)ccc1Cl)c1ccc(Cl)cc1Cl. The number of hydrogen-bond donors (Lipinski definition) is 1. The zero-order valence-corrected chi connectivity index (χ0v) is 23.2. The summed E-state index contributed by atoms with van der Waals surface area (Å²) >= 11 is 19.0. The lowest BCUT2D eigenvalue weighted by atomic mass is 9.95. The van der Waals surface area contributed by atoms with Gasteiger partial charge < -0.3 is 19.9 Å². The molecule has 2 heterocycles. The third-order valence-corrected chi connectivity index (χ3v) is 7.93. The maximum Gasteiger partial charge on any atom is 0.0829 e. The van der Waals surface area contributed by atoms with E-state index in [0.29, 0.717) is 21.2 Å². The third-order valence-electron chi connectivity index (χ3n) is 7.04. The van der Waals surface area contributed by atoms with Gasteiger partial charge in [-0.15, -0.1) is 0 Å². The van der Waals surface area contributed by atoms with E-state index in [2.05, 4.69) is 53.2 Å². The van der Waals surface area contributed by atoms with Crippen molar-refractivity contribution in [1.29, 1.82) is 0 Å². The molecule has 0 aliphatic carbocycles. The standard InChI is InChI=1S/C27H37Cl3N4O/c1-19(24-6-4-21(28)14-26(24)30)31-27-15-22(5-7-25(27)29)34-10-8-20(9-11-34)16-33-12-13-35-23(18-33)17-32(2)3/h4-7,14-15,19-20,23,31H,8-13,16-18H2,1-3H3. The minimum Gasteiger partial charge on any atom is -0.377 e. The smallest absolute Gasteiger partial charge is 0.0829 e. The van der Waals surface area contributed by atoms with Crippen molar-refractivity contribution in [2.24, 2.45) is 5.92 Å². The van der Waals surface area contributed by atoms with Crippen LogP contribution in [0.3, 0.4) is 0 Å². The average Bonchev–Trinajstić information content (AvgIpc) is 2.81. The highest BCUT2D eigenvalue weighted by atomic mass is 35.5. The molecule has 0 spiro atoms. The van der Waals surface area contributed by atoms with Crippen LogP contribution in [0.1, 0.15) is 31.4 Å². The van der Waals surface area contributed by atoms with Gasteiger partial charge in [0.1, 0.15) is 0 Å². The molecule has 0 radical (unpaired) electrons. The fraction of sp³-hybridized carbons (Fsp3) is 0.556. The number of piperidine rings is 1. The van der Waals surface area contributed by atoms with Gasteiger partial charge in [-0.05, 0) is 75.7 Å². The van der Waals surface area contributed by atoms with Gasteiger partial charge in [0, 0.05) is 55.0 Å². The topological polar surface area (TPSA) is 31.0 Å². The molecule has 35 heavy (non-hydrogen) atoms. The van der Waals surface area contributed by atoms with Crippen LogP contribution in [0.25, 0.3) is 0 Å². The molecule has 192 valence electrons. The molecule has 2 atom stereocenters. The molecule has 4 rings (SSSR count). The summed E-state index contributed by atoms with van der Waals surface area (Å²) in [6, 6.07) is 11.9. The van der Waals surface area contributed by atoms with Crippen LogP contribution in [-0.2, 0) is 4.74 Å². The Morgan fingerprint density at radius 1 is 1.03 bits per heavy atom. The van der Waals surface area contributed by atoms with Crippen molar-refractivity contribution in [1.82, 2.24) is 9.80 Å². The molecule has 8 heteroatoms. The lowest BCUT2D eigenvalue weighted by Crippen LogP contribution is -2.48. The fourth-order valence-electron chi connectivity index (χ4n) is 5.19. The molecular formula is C27H37Cl3N4O. The lowest BCUT2D eigenvalue weighted by Gasteiger charge is -2.39. The highest BCUT2D eigenvalue weighted by Gasteiger charge is 2.26. The molecule has 2 aliphatic heterocycles. The first-order valence-corrected chi connectivity index (χ1v) is 13.7. The zero-order chi connectivity index (χ0) is 24.9. The minimum absolute atomic E-state index is 0.00287. The average molecular weight is 540 g/mol. The van der Waals surface area contributed by atoms with Gasteiger partial charge in [-0.2, -0.15) is 0 Å². The van der Waals surface area contributed by atoms with E-state index in [1.165, 1.54) is 25.1 Å². The van der Waals surface area contributed by atoms with Crippen molar-refractivity contribution < 1.29 is 4.74 Å². The minimum atomic E-state index is 0.00287. The number of benzene rings is 2. The Kier molecular flexibility index (Phi) is 9.47. The lowest BCUT2D eigenvalue weighted by molar-refractivity contribution is -0.0428. The van der Waals surface area contributed by atoms with Crippen LogP contribution in [0, 0.1) is 5.92 Å². The zero-order valence-electron chi connectivity index (χ0n) is 20.9. The number of halogens is 3. The molecule has 2 saturated heterocycles. The quantitative estimate of drug-likeness (QED) is 0.425. The van der Waals surface area contributed by atoms with Crippen LogP contribution < -0.4 is 10.2 Å². The molecular weight excluding hydrogens is 503 g/mol. The molecule has 1 N–H and O–H groups in total. The van der Waals surface area contributed by atoms with Crippen molar-refractivity contribution in [2.45, 2.75) is 31.9 Å². The van der Waals surface area contributed by atoms with E-state index in [1.807, 2.05) is 18.2 Å². The van der Waals surface area contributed by atoms with Gasteiger partial charge in [-0.25, -0.2) is 0 Å².